The number of nitrogens with one attached hydrogen (secondary N) is 2. The van der Waals surface area contributed by atoms with E-state index in [9.17, 15) is 9.59 Å². The lowest BCUT2D eigenvalue weighted by Crippen LogP contribution is -2.50. The minimum atomic E-state index is -1.04. The van der Waals surface area contributed by atoms with E-state index in [4.69, 9.17) is 14.6 Å². The normalized spacial score (nSPS) is 21.4. The van der Waals surface area contributed by atoms with Gasteiger partial charge in [0, 0.05) is 6.54 Å². The number of carboxylic acid groups (broad SMARTS) is 1. The molecule has 1 heterocycles. The number of carbonyl (C=O) groups is 2. The Hall–Kier alpha value is -1.34. The highest BCUT2D eigenvalue weighted by molar-refractivity contribution is 5.82. The van der Waals surface area contributed by atoms with Crippen molar-refractivity contribution in [2.75, 3.05) is 26.4 Å². The molecule has 104 valence electrons. The lowest BCUT2D eigenvalue weighted by atomic mass is 10.1. The Balaban J connectivity index is 2.29. The van der Waals surface area contributed by atoms with Crippen molar-refractivity contribution in [3.8, 4) is 0 Å². The van der Waals surface area contributed by atoms with Crippen molar-refractivity contribution in [2.45, 2.75) is 26.0 Å². The maximum atomic E-state index is 11.5. The fraction of sp³-hybridized carbons (Fsp3) is 0.818. The maximum Gasteiger partial charge on any atom is 0.326 e. The van der Waals surface area contributed by atoms with E-state index in [1.165, 1.54) is 0 Å². The second-order valence-corrected chi connectivity index (χ2v) is 4.48. The van der Waals surface area contributed by atoms with E-state index in [1.807, 2.05) is 0 Å². The van der Waals surface area contributed by atoms with Crippen molar-refractivity contribution < 1.29 is 24.2 Å². The molecule has 2 atom stereocenters. The van der Waals surface area contributed by atoms with E-state index in [2.05, 4.69) is 10.6 Å². The number of urea groups is 1. The molecule has 1 unspecified atom stereocenters. The van der Waals surface area contributed by atoms with Crippen LogP contribution >= 0.6 is 0 Å². The van der Waals surface area contributed by atoms with Crippen LogP contribution in [0.3, 0.4) is 0 Å². The van der Waals surface area contributed by atoms with Crippen LogP contribution in [0, 0.1) is 5.92 Å². The van der Waals surface area contributed by atoms with Gasteiger partial charge in [0.2, 0.25) is 0 Å². The van der Waals surface area contributed by atoms with Crippen molar-refractivity contribution >= 4 is 12.0 Å². The first kappa shape index (κ1) is 14.7. The molecule has 1 saturated heterocycles. The van der Waals surface area contributed by atoms with Crippen molar-refractivity contribution in [3.05, 3.63) is 0 Å². The summed E-state index contributed by atoms with van der Waals surface area (Å²) in [5.74, 6) is -1.22. The Morgan fingerprint density at radius 3 is 2.61 bits per heavy atom. The smallest absolute Gasteiger partial charge is 0.326 e. The molecule has 0 aliphatic carbocycles. The summed E-state index contributed by atoms with van der Waals surface area (Å²) in [5, 5.41) is 13.9. The number of amides is 2. The van der Waals surface area contributed by atoms with Crippen LogP contribution in [0.4, 0.5) is 4.79 Å². The Labute approximate surface area is 106 Å². The number of hydrogen-bond donors (Lipinski definition) is 3. The van der Waals surface area contributed by atoms with Gasteiger partial charge in [-0.25, -0.2) is 9.59 Å². The van der Waals surface area contributed by atoms with E-state index < -0.39 is 18.0 Å². The monoisotopic (exact) mass is 260 g/mol. The topological polar surface area (TPSA) is 96.9 Å². The largest absolute Gasteiger partial charge is 0.480 e. The third-order valence-electron chi connectivity index (χ3n) is 2.59. The molecular formula is C11H20N2O5. The Morgan fingerprint density at radius 2 is 2.11 bits per heavy atom. The van der Waals surface area contributed by atoms with Crippen molar-refractivity contribution in [3.63, 3.8) is 0 Å². The highest BCUT2D eigenvalue weighted by Crippen LogP contribution is 2.02. The van der Waals surface area contributed by atoms with Gasteiger partial charge >= 0.3 is 12.0 Å². The average molecular weight is 260 g/mol. The van der Waals surface area contributed by atoms with Crippen LogP contribution < -0.4 is 10.6 Å². The summed E-state index contributed by atoms with van der Waals surface area (Å²) >= 11 is 0. The van der Waals surface area contributed by atoms with Crippen molar-refractivity contribution in [1.82, 2.24) is 10.6 Å². The van der Waals surface area contributed by atoms with Gasteiger partial charge in [-0.1, -0.05) is 13.8 Å². The molecule has 3 N–H and O–H groups in total. The molecule has 0 saturated carbocycles. The Bertz CT molecular complexity index is 289. The first-order chi connectivity index (χ1) is 8.50. The molecule has 1 aliphatic rings. The number of hydrogen-bond acceptors (Lipinski definition) is 4. The molecule has 0 aromatic carbocycles. The maximum absolute atomic E-state index is 11.5. The van der Waals surface area contributed by atoms with Crippen LogP contribution in [0.1, 0.15) is 13.8 Å². The van der Waals surface area contributed by atoms with Crippen molar-refractivity contribution in [2.24, 2.45) is 5.92 Å². The van der Waals surface area contributed by atoms with Gasteiger partial charge in [-0.05, 0) is 5.92 Å². The molecule has 18 heavy (non-hydrogen) atoms. The molecule has 0 bridgehead atoms. The minimum absolute atomic E-state index is 0.174. The first-order valence-electron chi connectivity index (χ1n) is 5.97. The number of ether oxygens (including phenoxy) is 2. The molecule has 1 aliphatic heterocycles. The van der Waals surface area contributed by atoms with E-state index in [-0.39, 0.29) is 12.0 Å². The molecule has 0 aromatic rings. The van der Waals surface area contributed by atoms with Gasteiger partial charge in [-0.15, -0.1) is 0 Å². The number of carboxylic acids is 1. The molecule has 0 aromatic heterocycles. The molecule has 7 heteroatoms. The van der Waals surface area contributed by atoms with Crippen molar-refractivity contribution in [1.29, 1.82) is 0 Å². The second kappa shape index (κ2) is 7.17. The zero-order chi connectivity index (χ0) is 13.5. The van der Waals surface area contributed by atoms with Crippen LogP contribution in [0.5, 0.6) is 0 Å². The van der Waals surface area contributed by atoms with Crippen LogP contribution in [-0.2, 0) is 14.3 Å². The molecule has 7 nitrogen and oxygen atoms in total. The quantitative estimate of drug-likeness (QED) is 0.636. The summed E-state index contributed by atoms with van der Waals surface area (Å²) in [7, 11) is 0. The molecule has 1 rings (SSSR count). The van der Waals surface area contributed by atoms with Crippen LogP contribution in [0.25, 0.3) is 0 Å². The van der Waals surface area contributed by atoms with Crippen LogP contribution in [0.15, 0.2) is 0 Å². The highest BCUT2D eigenvalue weighted by atomic mass is 16.6. The zero-order valence-corrected chi connectivity index (χ0v) is 10.6. The van der Waals surface area contributed by atoms with Crippen LogP contribution in [-0.4, -0.2) is 55.6 Å². The lowest BCUT2D eigenvalue weighted by molar-refractivity contribution is -0.140. The molecule has 0 spiro atoms. The van der Waals surface area contributed by atoms with Gasteiger partial charge in [0.05, 0.1) is 25.9 Å². The molecule has 1 fully saturated rings. The van der Waals surface area contributed by atoms with Gasteiger partial charge < -0.3 is 25.2 Å². The number of aliphatic carboxylic acids is 1. The van der Waals surface area contributed by atoms with Gasteiger partial charge in [0.25, 0.3) is 0 Å². The zero-order valence-electron chi connectivity index (χ0n) is 10.6. The fourth-order valence-electron chi connectivity index (χ4n) is 1.57. The summed E-state index contributed by atoms with van der Waals surface area (Å²) in [5.41, 5.74) is 0. The standard InChI is InChI=1S/C11H20N2O5/c1-7(2)9(10(14)15)13-11(16)12-5-8-6-17-3-4-18-8/h7-9H,3-6H2,1-2H3,(H,14,15)(H2,12,13,16)/t8?,9-/m1/s1. The summed E-state index contributed by atoms with van der Waals surface area (Å²) in [4.78, 5) is 22.4. The van der Waals surface area contributed by atoms with Gasteiger partial charge in [-0.2, -0.15) is 0 Å². The van der Waals surface area contributed by atoms with E-state index in [0.29, 0.717) is 26.4 Å². The third-order valence-corrected chi connectivity index (χ3v) is 2.59. The van der Waals surface area contributed by atoms with E-state index in [0.717, 1.165) is 0 Å². The Morgan fingerprint density at radius 1 is 1.39 bits per heavy atom. The first-order valence-corrected chi connectivity index (χ1v) is 5.97. The summed E-state index contributed by atoms with van der Waals surface area (Å²) < 4.78 is 10.5. The fourth-order valence-corrected chi connectivity index (χ4v) is 1.57. The second-order valence-electron chi connectivity index (χ2n) is 4.48. The van der Waals surface area contributed by atoms with Gasteiger partial charge in [0.15, 0.2) is 0 Å². The summed E-state index contributed by atoms with van der Waals surface area (Å²) in [6.07, 6.45) is -0.174. The summed E-state index contributed by atoms with van der Waals surface area (Å²) in [6, 6.07) is -1.40. The molecule has 0 radical (unpaired) electrons. The third kappa shape index (κ3) is 4.89. The lowest BCUT2D eigenvalue weighted by Gasteiger charge is -2.24. The Kier molecular flexibility index (Phi) is 5.87. The SMILES string of the molecule is CC(C)[C@@H](NC(=O)NCC1COCCO1)C(=O)O. The minimum Gasteiger partial charge on any atom is -0.480 e. The van der Waals surface area contributed by atoms with Crippen LogP contribution in [0.2, 0.25) is 0 Å². The predicted octanol–water partition coefficient (Wildman–Crippen LogP) is -0.190. The summed E-state index contributed by atoms with van der Waals surface area (Å²) in [6.45, 7) is 5.28. The average Bonchev–Trinajstić information content (AvgIpc) is 2.34. The predicted molar refractivity (Wildman–Crippen MR) is 63.4 cm³/mol. The molecule has 2 amide bonds. The van der Waals surface area contributed by atoms with E-state index >= 15 is 0 Å². The molecular weight excluding hydrogens is 240 g/mol. The van der Waals surface area contributed by atoms with Gasteiger partial charge in [0.1, 0.15) is 6.04 Å². The van der Waals surface area contributed by atoms with E-state index in [1.54, 1.807) is 13.8 Å². The van der Waals surface area contributed by atoms with Gasteiger partial charge in [-0.3, -0.25) is 0 Å². The highest BCUT2D eigenvalue weighted by Gasteiger charge is 2.23. The number of rotatable bonds is 5. The number of carbonyl (C=O) groups excluding carboxylic acids is 1.